The predicted molar refractivity (Wildman–Crippen MR) is 244 cm³/mol. The summed E-state index contributed by atoms with van der Waals surface area (Å²) in [6, 6.07) is 14.6. The average molecular weight is 981 g/mol. The highest BCUT2D eigenvalue weighted by atomic mass is 16.5. The van der Waals surface area contributed by atoms with Crippen molar-refractivity contribution in [1.29, 1.82) is 0 Å². The monoisotopic (exact) mass is 980 g/mol. The maximum Gasteiger partial charge on any atom is 0.161 e. The van der Waals surface area contributed by atoms with Crippen molar-refractivity contribution in [3.05, 3.63) is 77.4 Å². The van der Waals surface area contributed by atoms with Crippen LogP contribution in [0.5, 0.6) is 34.5 Å². The molecule has 0 bridgehead atoms. The lowest BCUT2D eigenvalue weighted by molar-refractivity contribution is -0.193. The van der Waals surface area contributed by atoms with Crippen molar-refractivity contribution in [3.8, 4) is 34.5 Å². The predicted octanol–water partition coefficient (Wildman–Crippen LogP) is -1.01. The van der Waals surface area contributed by atoms with E-state index in [1.165, 1.54) is 45.6 Å². The Morgan fingerprint density at radius 1 is 0.551 bits per heavy atom. The van der Waals surface area contributed by atoms with Crippen molar-refractivity contribution in [3.63, 3.8) is 0 Å². The molecule has 0 radical (unpaired) electrons. The zero-order valence-electron chi connectivity index (χ0n) is 38.6. The summed E-state index contributed by atoms with van der Waals surface area (Å²) in [5.74, 6) is 0.862. The number of phenols is 3. The lowest BCUT2D eigenvalue weighted by Crippen LogP contribution is -2.53. The zero-order chi connectivity index (χ0) is 50.9. The van der Waals surface area contributed by atoms with Gasteiger partial charge in [-0.05, 0) is 84.8 Å². The van der Waals surface area contributed by atoms with Crippen LogP contribution in [0.15, 0.2) is 60.7 Å². The molecule has 0 unspecified atom stereocenters. The van der Waals surface area contributed by atoms with Crippen LogP contribution in [0.25, 0.3) is 6.08 Å². The number of methoxy groups -OCH3 is 3. The fourth-order valence-corrected chi connectivity index (χ4v) is 7.64. The molecule has 14 N–H and O–H groups in total. The molecule has 3 saturated heterocycles. The maximum absolute atomic E-state index is 11.9. The van der Waals surface area contributed by atoms with E-state index in [1.54, 1.807) is 42.5 Å². The van der Waals surface area contributed by atoms with Crippen molar-refractivity contribution in [1.82, 2.24) is 0 Å². The second-order valence-electron chi connectivity index (χ2n) is 17.1. The van der Waals surface area contributed by atoms with E-state index in [0.717, 1.165) is 11.1 Å². The fraction of sp³-hybridized carbons (Fsp3) is 0.562. The van der Waals surface area contributed by atoms with Crippen LogP contribution >= 0.6 is 0 Å². The minimum atomic E-state index is -1.33. The van der Waals surface area contributed by atoms with E-state index >= 15 is 0 Å². The average Bonchev–Trinajstić information content (AvgIpc) is 3.34. The number of aliphatic hydroxyl groups is 11. The highest BCUT2D eigenvalue weighted by Gasteiger charge is 2.40. The van der Waals surface area contributed by atoms with Crippen LogP contribution < -0.4 is 14.2 Å². The van der Waals surface area contributed by atoms with E-state index in [4.69, 9.17) is 28.4 Å². The van der Waals surface area contributed by atoms with Gasteiger partial charge in [-0.25, -0.2) is 0 Å². The molecule has 69 heavy (non-hydrogen) atoms. The second kappa shape index (κ2) is 27.6. The summed E-state index contributed by atoms with van der Waals surface area (Å²) in [5, 5.41) is 135. The molecule has 3 aliphatic heterocycles. The van der Waals surface area contributed by atoms with E-state index in [2.05, 4.69) is 0 Å². The zero-order valence-corrected chi connectivity index (χ0v) is 38.6. The number of aryl methyl sites for hydroxylation is 2. The molecule has 3 aliphatic rings. The number of allylic oxidation sites excluding steroid dienone is 1. The molecule has 3 heterocycles. The smallest absolute Gasteiger partial charge is 0.161 e. The van der Waals surface area contributed by atoms with E-state index in [9.17, 15) is 76.3 Å². The molecule has 3 aromatic carbocycles. The number of phenolic OH excluding ortho intramolecular Hbond substituents is 3. The highest BCUT2D eigenvalue weighted by molar-refractivity contribution is 5.94. The van der Waals surface area contributed by atoms with E-state index in [1.807, 2.05) is 0 Å². The Labute approximate surface area is 399 Å². The number of aliphatic hydroxyl groups excluding tert-OH is 11. The van der Waals surface area contributed by atoms with Gasteiger partial charge in [0.15, 0.2) is 40.3 Å². The van der Waals surface area contributed by atoms with Crippen LogP contribution in [0.4, 0.5) is 0 Å². The Bertz CT molecular complexity index is 1960. The summed E-state index contributed by atoms with van der Waals surface area (Å²) in [6.07, 6.45) is -9.64. The molecule has 3 aromatic rings. The first kappa shape index (κ1) is 56.9. The van der Waals surface area contributed by atoms with E-state index in [-0.39, 0.29) is 62.1 Å². The number of carbonyl (C=O) groups excluding carboxylic acids is 1. The van der Waals surface area contributed by atoms with Crippen molar-refractivity contribution in [2.24, 2.45) is 0 Å². The normalized spacial score (nSPS) is 28.8. The molecule has 14 atom stereocenters. The van der Waals surface area contributed by atoms with Crippen LogP contribution in [0, 0.1) is 0 Å². The van der Waals surface area contributed by atoms with Crippen molar-refractivity contribution >= 4 is 11.9 Å². The maximum atomic E-state index is 11.9. The summed E-state index contributed by atoms with van der Waals surface area (Å²) in [7, 11) is 4.36. The number of carbonyl (C=O) groups is 1. The van der Waals surface area contributed by atoms with Gasteiger partial charge in [-0.2, -0.15) is 0 Å². The number of rotatable bonds is 17. The molecule has 21 nitrogen and oxygen atoms in total. The fourth-order valence-electron chi connectivity index (χ4n) is 7.64. The Morgan fingerprint density at radius 2 is 0.913 bits per heavy atom. The van der Waals surface area contributed by atoms with Gasteiger partial charge in [0, 0.05) is 19.3 Å². The van der Waals surface area contributed by atoms with E-state index in [0.29, 0.717) is 48.5 Å². The van der Waals surface area contributed by atoms with Crippen LogP contribution in [0.3, 0.4) is 0 Å². The molecular formula is C48H68O21. The second-order valence-corrected chi connectivity index (χ2v) is 17.1. The first-order chi connectivity index (χ1) is 32.8. The molecule has 21 heteroatoms. The van der Waals surface area contributed by atoms with Gasteiger partial charge in [-0.1, -0.05) is 24.3 Å². The standard InChI is InChI=1S/2C16H24O7.C16H20O7/c3*1-22-13-6-9(3-5-11(13)18)2-4-10(17)7-14-16(21)15(20)12(19)8-23-14/h2*3,5-6,10,12,14-21H,2,4,7-8H2,1H3;2-6,12,14-16,18-21H,7-8H2,1H3/b;;4-2+/t10-,12+,14-,15-,16-;10-,12-,14+,15+,16+;12-,14+,15+,16+/m011/s1. The number of ketones is 1. The SMILES string of the molecule is COc1cc(/C=C/C(=O)C[C@@H]2OC[C@@H](O)[C@H](O)[C@H]2O)ccc1O.COc1cc(CC[C@@H](O)C[C@@H]2OC[C@@H](O)[C@H](O)[C@H]2O)ccc1O.COc1cc(CC[C@H](O)C[C@@H]2OC[C@@H](O)[C@H](O)[C@H]2O)ccc1O. The Kier molecular flexibility index (Phi) is 22.8. The third-order valence-electron chi connectivity index (χ3n) is 11.9. The molecule has 3 fully saturated rings. The number of hydrogen-bond donors (Lipinski definition) is 14. The molecule has 0 aliphatic carbocycles. The number of benzene rings is 3. The number of hydrogen-bond acceptors (Lipinski definition) is 21. The van der Waals surface area contributed by atoms with Crippen molar-refractivity contribution in [2.75, 3.05) is 41.2 Å². The minimum Gasteiger partial charge on any atom is -0.504 e. The molecule has 0 spiro atoms. The van der Waals surface area contributed by atoms with Gasteiger partial charge in [0.05, 0.1) is 71.7 Å². The quantitative estimate of drug-likeness (QED) is 0.0720. The Hall–Kier alpha value is -4.69. The van der Waals surface area contributed by atoms with Gasteiger partial charge in [-0.3, -0.25) is 4.79 Å². The summed E-state index contributed by atoms with van der Waals surface area (Å²) < 4.78 is 30.8. The first-order valence-corrected chi connectivity index (χ1v) is 22.4. The summed E-state index contributed by atoms with van der Waals surface area (Å²) >= 11 is 0. The lowest BCUT2D eigenvalue weighted by Gasteiger charge is -2.36. The minimum absolute atomic E-state index is 0.00208. The largest absolute Gasteiger partial charge is 0.504 e. The Morgan fingerprint density at radius 3 is 1.32 bits per heavy atom. The van der Waals surface area contributed by atoms with E-state index < -0.39 is 85.5 Å². The van der Waals surface area contributed by atoms with Gasteiger partial charge < -0.3 is 99.9 Å². The van der Waals surface area contributed by atoms with Gasteiger partial charge in [0.25, 0.3) is 0 Å². The Balaban J connectivity index is 0.000000225. The molecular weight excluding hydrogens is 913 g/mol. The van der Waals surface area contributed by atoms with Crippen LogP contribution in [-0.2, 0) is 31.8 Å². The number of ether oxygens (including phenoxy) is 6. The lowest BCUT2D eigenvalue weighted by atomic mass is 9.94. The third-order valence-corrected chi connectivity index (χ3v) is 11.9. The van der Waals surface area contributed by atoms with Gasteiger partial charge in [-0.15, -0.1) is 0 Å². The van der Waals surface area contributed by atoms with Crippen LogP contribution in [0.2, 0.25) is 0 Å². The van der Waals surface area contributed by atoms with Crippen LogP contribution in [-0.4, -0.2) is 204 Å². The third kappa shape index (κ3) is 17.0. The molecule has 0 amide bonds. The van der Waals surface area contributed by atoms with Crippen molar-refractivity contribution in [2.45, 2.75) is 130 Å². The van der Waals surface area contributed by atoms with Gasteiger partial charge >= 0.3 is 0 Å². The summed E-state index contributed by atoms with van der Waals surface area (Å²) in [6.45, 7) is -0.259. The summed E-state index contributed by atoms with van der Waals surface area (Å²) in [4.78, 5) is 11.9. The first-order valence-electron chi connectivity index (χ1n) is 22.4. The summed E-state index contributed by atoms with van der Waals surface area (Å²) in [5.41, 5.74) is 2.46. The topological polar surface area (TPSA) is 356 Å². The van der Waals surface area contributed by atoms with Crippen molar-refractivity contribution < 1.29 is 105 Å². The van der Waals surface area contributed by atoms with Gasteiger partial charge in [0.2, 0.25) is 0 Å². The number of aromatic hydroxyl groups is 3. The molecule has 0 aromatic heterocycles. The molecule has 0 saturated carbocycles. The highest BCUT2D eigenvalue weighted by Crippen LogP contribution is 2.30. The molecule has 386 valence electrons. The molecule has 6 rings (SSSR count). The van der Waals surface area contributed by atoms with Gasteiger partial charge in [0.1, 0.15) is 54.9 Å². The van der Waals surface area contributed by atoms with Crippen LogP contribution in [0.1, 0.15) is 48.8 Å².